The lowest BCUT2D eigenvalue weighted by molar-refractivity contribution is -0.134. The molecule has 6 heteroatoms. The van der Waals surface area contributed by atoms with Gasteiger partial charge in [-0.15, -0.1) is 11.3 Å². The van der Waals surface area contributed by atoms with Crippen molar-refractivity contribution in [1.82, 2.24) is 19.7 Å². The second kappa shape index (κ2) is 5.99. The molecule has 2 aromatic heterocycles. The van der Waals surface area contributed by atoms with E-state index in [9.17, 15) is 4.79 Å². The van der Waals surface area contributed by atoms with Crippen molar-refractivity contribution >= 4 is 17.2 Å². The topological polar surface area (TPSA) is 51.0 Å². The van der Waals surface area contributed by atoms with Gasteiger partial charge in [-0.1, -0.05) is 0 Å². The number of likely N-dealkylation sites (tertiary alicyclic amines) is 1. The van der Waals surface area contributed by atoms with Crippen LogP contribution >= 0.6 is 11.3 Å². The monoisotopic (exact) mass is 344 g/mol. The van der Waals surface area contributed by atoms with Gasteiger partial charge in [0.25, 0.3) is 0 Å². The number of aryl methyl sites for hydroxylation is 3. The maximum absolute atomic E-state index is 12.9. The van der Waals surface area contributed by atoms with E-state index in [2.05, 4.69) is 34.0 Å². The van der Waals surface area contributed by atoms with Gasteiger partial charge in [-0.05, 0) is 52.2 Å². The Morgan fingerprint density at radius 1 is 1.29 bits per heavy atom. The van der Waals surface area contributed by atoms with Crippen LogP contribution in [0.25, 0.3) is 0 Å². The molecule has 3 heterocycles. The molecule has 2 aromatic rings. The fourth-order valence-corrected chi connectivity index (χ4v) is 4.96. The van der Waals surface area contributed by atoms with Crippen molar-refractivity contribution in [2.24, 2.45) is 5.92 Å². The van der Waals surface area contributed by atoms with Gasteiger partial charge >= 0.3 is 0 Å². The van der Waals surface area contributed by atoms with Gasteiger partial charge in [0.05, 0.1) is 6.04 Å². The van der Waals surface area contributed by atoms with Crippen LogP contribution in [0.4, 0.5) is 0 Å². The Kier molecular flexibility index (Phi) is 3.95. The maximum atomic E-state index is 12.9. The number of hydrogen-bond acceptors (Lipinski definition) is 4. The smallest absolute Gasteiger partial charge is 0.226 e. The maximum Gasteiger partial charge on any atom is 0.226 e. The van der Waals surface area contributed by atoms with Crippen molar-refractivity contribution in [3.63, 3.8) is 0 Å². The van der Waals surface area contributed by atoms with Gasteiger partial charge < -0.3 is 4.90 Å². The zero-order chi connectivity index (χ0) is 16.8. The van der Waals surface area contributed by atoms with Crippen molar-refractivity contribution in [1.29, 1.82) is 0 Å². The molecule has 0 bridgehead atoms. The third-order valence-corrected chi connectivity index (χ3v) is 6.33. The molecule has 0 N–H and O–H groups in total. The molecule has 0 radical (unpaired) electrons. The number of nitrogens with zero attached hydrogens (tertiary/aromatic N) is 4. The van der Waals surface area contributed by atoms with Gasteiger partial charge in [-0.3, -0.25) is 4.79 Å². The zero-order valence-corrected chi connectivity index (χ0v) is 15.3. The van der Waals surface area contributed by atoms with E-state index in [-0.39, 0.29) is 12.0 Å². The average molecular weight is 344 g/mol. The van der Waals surface area contributed by atoms with Crippen molar-refractivity contribution in [3.8, 4) is 0 Å². The number of hydrogen-bond donors (Lipinski definition) is 0. The van der Waals surface area contributed by atoms with E-state index < -0.39 is 0 Å². The van der Waals surface area contributed by atoms with E-state index in [1.165, 1.54) is 9.75 Å². The molecule has 2 fully saturated rings. The van der Waals surface area contributed by atoms with Gasteiger partial charge in [-0.25, -0.2) is 9.67 Å². The molecule has 3 atom stereocenters. The summed E-state index contributed by atoms with van der Waals surface area (Å²) in [6.07, 6.45) is 3.14. The number of carbonyl (C=O) groups is 1. The number of amides is 1. The van der Waals surface area contributed by atoms with Gasteiger partial charge in [0, 0.05) is 34.7 Å². The summed E-state index contributed by atoms with van der Waals surface area (Å²) in [7, 11) is 0. The fourth-order valence-electron chi connectivity index (χ4n) is 3.91. The van der Waals surface area contributed by atoms with E-state index in [1.54, 1.807) is 0 Å². The molecule has 1 aliphatic carbocycles. The van der Waals surface area contributed by atoms with Crippen LogP contribution in [0.15, 0.2) is 12.1 Å². The van der Waals surface area contributed by atoms with Crippen molar-refractivity contribution in [2.75, 3.05) is 13.1 Å². The Balaban J connectivity index is 1.43. The number of rotatable bonds is 3. The predicted octanol–water partition coefficient (Wildman–Crippen LogP) is 3.23. The normalized spacial score (nSPS) is 26.6. The van der Waals surface area contributed by atoms with Crippen LogP contribution in [0.5, 0.6) is 0 Å². The number of thiophene rings is 1. The summed E-state index contributed by atoms with van der Waals surface area (Å²) in [5.74, 6) is 2.74. The Hall–Kier alpha value is -1.69. The molecule has 1 saturated heterocycles. The third kappa shape index (κ3) is 2.88. The first-order valence-electron chi connectivity index (χ1n) is 8.78. The molecule has 2 aliphatic rings. The lowest BCUT2D eigenvalue weighted by atomic mass is 10.0. The molecule has 0 aromatic carbocycles. The second-order valence-corrected chi connectivity index (χ2v) is 8.45. The number of aromatic nitrogens is 3. The average Bonchev–Trinajstić information content (AvgIpc) is 3.13. The Bertz CT molecular complexity index is 765. The molecule has 4 rings (SSSR count). The Morgan fingerprint density at radius 2 is 2.12 bits per heavy atom. The van der Waals surface area contributed by atoms with E-state index in [0.29, 0.717) is 11.8 Å². The van der Waals surface area contributed by atoms with E-state index in [4.69, 9.17) is 0 Å². The zero-order valence-electron chi connectivity index (χ0n) is 14.5. The Morgan fingerprint density at radius 3 is 2.79 bits per heavy atom. The summed E-state index contributed by atoms with van der Waals surface area (Å²) in [4.78, 5) is 22.1. The minimum Gasteiger partial charge on any atom is -0.340 e. The molecule has 24 heavy (non-hydrogen) atoms. The summed E-state index contributed by atoms with van der Waals surface area (Å²) in [5, 5.41) is 4.52. The molecule has 128 valence electrons. The van der Waals surface area contributed by atoms with Crippen LogP contribution < -0.4 is 0 Å². The summed E-state index contributed by atoms with van der Waals surface area (Å²) in [5.41, 5.74) is 0. The first kappa shape index (κ1) is 15.8. The SMILES string of the molecule is Cc1nc(C)n([C@@H]2CCCN(C(=O)[C@H]3C[C@@H]3c3ccc(C)s3)C2)n1. The van der Waals surface area contributed by atoms with Crippen LogP contribution in [0.2, 0.25) is 0 Å². The van der Waals surface area contributed by atoms with Gasteiger partial charge in [0.2, 0.25) is 5.91 Å². The quantitative estimate of drug-likeness (QED) is 0.859. The summed E-state index contributed by atoms with van der Waals surface area (Å²) in [6.45, 7) is 7.71. The summed E-state index contributed by atoms with van der Waals surface area (Å²) < 4.78 is 2.02. The summed E-state index contributed by atoms with van der Waals surface area (Å²) >= 11 is 1.84. The Labute approximate surface area is 146 Å². The predicted molar refractivity (Wildman–Crippen MR) is 94.3 cm³/mol. The minimum absolute atomic E-state index is 0.195. The summed E-state index contributed by atoms with van der Waals surface area (Å²) in [6, 6.07) is 4.62. The van der Waals surface area contributed by atoms with Gasteiger partial charge in [0.15, 0.2) is 0 Å². The first-order valence-corrected chi connectivity index (χ1v) is 9.59. The lowest BCUT2D eigenvalue weighted by Gasteiger charge is -2.33. The lowest BCUT2D eigenvalue weighted by Crippen LogP contribution is -2.42. The first-order chi connectivity index (χ1) is 11.5. The molecule has 1 saturated carbocycles. The van der Waals surface area contributed by atoms with Gasteiger partial charge in [0.1, 0.15) is 11.6 Å². The molecule has 0 spiro atoms. The minimum atomic E-state index is 0.195. The highest BCUT2D eigenvalue weighted by molar-refractivity contribution is 7.12. The van der Waals surface area contributed by atoms with Crippen molar-refractivity contribution in [2.45, 2.75) is 52.0 Å². The van der Waals surface area contributed by atoms with Crippen molar-refractivity contribution < 1.29 is 4.79 Å². The van der Waals surface area contributed by atoms with E-state index in [1.807, 2.05) is 29.9 Å². The molecular formula is C18H24N4OS. The fraction of sp³-hybridized carbons (Fsp3) is 0.611. The van der Waals surface area contributed by atoms with Crippen molar-refractivity contribution in [3.05, 3.63) is 33.5 Å². The highest BCUT2D eigenvalue weighted by Crippen LogP contribution is 2.50. The highest BCUT2D eigenvalue weighted by atomic mass is 32.1. The molecule has 1 amide bonds. The standard InChI is InChI=1S/C18H24N4OS/c1-11-6-7-17(24-11)15-9-16(15)18(23)21-8-4-5-14(10-21)22-13(3)19-12(2)20-22/h6-7,14-16H,4-5,8-10H2,1-3H3/t14-,15+,16+/m1/s1. The molecule has 5 nitrogen and oxygen atoms in total. The number of piperidine rings is 1. The third-order valence-electron chi connectivity index (χ3n) is 5.20. The van der Waals surface area contributed by atoms with Crippen LogP contribution in [0.1, 0.15) is 52.6 Å². The molecule has 0 unspecified atom stereocenters. The van der Waals surface area contributed by atoms with Crippen LogP contribution in [0, 0.1) is 26.7 Å². The number of carbonyl (C=O) groups excluding carboxylic acids is 1. The van der Waals surface area contributed by atoms with Crippen LogP contribution in [-0.2, 0) is 4.79 Å². The van der Waals surface area contributed by atoms with Gasteiger partial charge in [-0.2, -0.15) is 5.10 Å². The van der Waals surface area contributed by atoms with E-state index in [0.717, 1.165) is 44.0 Å². The molecule has 1 aliphatic heterocycles. The largest absolute Gasteiger partial charge is 0.340 e. The molecular weight excluding hydrogens is 320 g/mol. The second-order valence-electron chi connectivity index (χ2n) is 7.13. The van der Waals surface area contributed by atoms with Crippen LogP contribution in [0.3, 0.4) is 0 Å². The highest BCUT2D eigenvalue weighted by Gasteiger charge is 2.47. The van der Waals surface area contributed by atoms with E-state index >= 15 is 0 Å². The van der Waals surface area contributed by atoms with Crippen LogP contribution in [-0.4, -0.2) is 38.7 Å².